The van der Waals surface area contributed by atoms with Gasteiger partial charge in [0.25, 0.3) is 0 Å². The SMILES string of the molecule is CCC(O)COc1cccc(COC)c1. The van der Waals surface area contributed by atoms with E-state index in [0.717, 1.165) is 11.3 Å². The Morgan fingerprint density at radius 1 is 1.40 bits per heavy atom. The van der Waals surface area contributed by atoms with E-state index >= 15 is 0 Å². The monoisotopic (exact) mass is 210 g/mol. The van der Waals surface area contributed by atoms with Crippen molar-refractivity contribution in [2.24, 2.45) is 0 Å². The summed E-state index contributed by atoms with van der Waals surface area (Å²) in [7, 11) is 1.66. The molecule has 0 bridgehead atoms. The zero-order valence-corrected chi connectivity index (χ0v) is 9.27. The van der Waals surface area contributed by atoms with Gasteiger partial charge in [0.15, 0.2) is 0 Å². The molecule has 1 aromatic carbocycles. The molecule has 0 aliphatic heterocycles. The zero-order valence-electron chi connectivity index (χ0n) is 9.27. The topological polar surface area (TPSA) is 38.7 Å². The van der Waals surface area contributed by atoms with E-state index in [1.807, 2.05) is 31.2 Å². The maximum Gasteiger partial charge on any atom is 0.119 e. The van der Waals surface area contributed by atoms with E-state index in [1.165, 1.54) is 0 Å². The third kappa shape index (κ3) is 4.32. The van der Waals surface area contributed by atoms with E-state index in [2.05, 4.69) is 0 Å². The number of rotatable bonds is 6. The lowest BCUT2D eigenvalue weighted by Gasteiger charge is -2.11. The van der Waals surface area contributed by atoms with Crippen molar-refractivity contribution in [3.05, 3.63) is 29.8 Å². The number of aliphatic hydroxyl groups is 1. The third-order valence-corrected chi connectivity index (χ3v) is 2.12. The van der Waals surface area contributed by atoms with Crippen molar-refractivity contribution in [2.45, 2.75) is 26.1 Å². The van der Waals surface area contributed by atoms with E-state index in [0.29, 0.717) is 19.6 Å². The summed E-state index contributed by atoms with van der Waals surface area (Å²) < 4.78 is 10.5. The highest BCUT2D eigenvalue weighted by Crippen LogP contribution is 2.14. The minimum atomic E-state index is -0.393. The Balaban J connectivity index is 2.50. The van der Waals surface area contributed by atoms with Crippen LogP contribution in [0.1, 0.15) is 18.9 Å². The van der Waals surface area contributed by atoms with Crippen molar-refractivity contribution >= 4 is 0 Å². The van der Waals surface area contributed by atoms with Crippen molar-refractivity contribution < 1.29 is 14.6 Å². The number of benzene rings is 1. The molecule has 0 spiro atoms. The predicted molar refractivity (Wildman–Crippen MR) is 58.9 cm³/mol. The summed E-state index contributed by atoms with van der Waals surface area (Å²) in [6.07, 6.45) is 0.314. The molecule has 0 aromatic heterocycles. The minimum absolute atomic E-state index is 0.340. The van der Waals surface area contributed by atoms with Gasteiger partial charge >= 0.3 is 0 Å². The van der Waals surface area contributed by atoms with Crippen LogP contribution in [0.3, 0.4) is 0 Å². The summed E-state index contributed by atoms with van der Waals surface area (Å²) in [5.41, 5.74) is 1.07. The number of methoxy groups -OCH3 is 1. The average Bonchev–Trinajstić information content (AvgIpc) is 2.27. The second kappa shape index (κ2) is 6.43. The third-order valence-electron chi connectivity index (χ3n) is 2.12. The van der Waals surface area contributed by atoms with Gasteiger partial charge in [0.2, 0.25) is 0 Å². The fourth-order valence-corrected chi connectivity index (χ4v) is 1.20. The Kier molecular flexibility index (Phi) is 5.15. The van der Waals surface area contributed by atoms with E-state index in [1.54, 1.807) is 7.11 Å². The van der Waals surface area contributed by atoms with Gasteiger partial charge in [0.05, 0.1) is 12.7 Å². The largest absolute Gasteiger partial charge is 0.491 e. The number of hydrogen-bond donors (Lipinski definition) is 1. The van der Waals surface area contributed by atoms with Crippen LogP contribution in [0.25, 0.3) is 0 Å². The molecule has 0 amide bonds. The summed E-state index contributed by atoms with van der Waals surface area (Å²) in [6.45, 7) is 2.84. The molecule has 0 aliphatic rings. The second-order valence-electron chi connectivity index (χ2n) is 3.45. The van der Waals surface area contributed by atoms with Crippen LogP contribution in [-0.4, -0.2) is 24.9 Å². The van der Waals surface area contributed by atoms with Gasteiger partial charge in [-0.3, -0.25) is 0 Å². The molecule has 1 rings (SSSR count). The summed E-state index contributed by atoms with van der Waals surface area (Å²) in [5, 5.41) is 9.34. The number of hydrogen-bond acceptors (Lipinski definition) is 3. The lowest BCUT2D eigenvalue weighted by atomic mass is 10.2. The Labute approximate surface area is 90.6 Å². The van der Waals surface area contributed by atoms with Crippen LogP contribution in [0.15, 0.2) is 24.3 Å². The molecule has 1 atom stereocenters. The minimum Gasteiger partial charge on any atom is -0.491 e. The van der Waals surface area contributed by atoms with Crippen molar-refractivity contribution in [1.82, 2.24) is 0 Å². The zero-order chi connectivity index (χ0) is 11.1. The molecule has 0 aliphatic carbocycles. The first-order valence-corrected chi connectivity index (χ1v) is 5.15. The first-order chi connectivity index (χ1) is 7.26. The van der Waals surface area contributed by atoms with Gasteiger partial charge in [0.1, 0.15) is 12.4 Å². The molecule has 0 saturated carbocycles. The average molecular weight is 210 g/mol. The van der Waals surface area contributed by atoms with Crippen molar-refractivity contribution in [3.63, 3.8) is 0 Å². The summed E-state index contributed by atoms with van der Waals surface area (Å²) in [6, 6.07) is 7.70. The molecule has 0 saturated heterocycles. The maximum absolute atomic E-state index is 9.34. The Morgan fingerprint density at radius 3 is 2.87 bits per heavy atom. The van der Waals surface area contributed by atoms with Crippen LogP contribution < -0.4 is 4.74 Å². The van der Waals surface area contributed by atoms with Gasteiger partial charge in [-0.15, -0.1) is 0 Å². The summed E-state index contributed by atoms with van der Waals surface area (Å²) >= 11 is 0. The van der Waals surface area contributed by atoms with Crippen LogP contribution in [0, 0.1) is 0 Å². The van der Waals surface area contributed by atoms with Crippen molar-refractivity contribution in [1.29, 1.82) is 0 Å². The molecule has 3 heteroatoms. The fourth-order valence-electron chi connectivity index (χ4n) is 1.20. The highest BCUT2D eigenvalue weighted by molar-refractivity contribution is 5.28. The van der Waals surface area contributed by atoms with Crippen LogP contribution in [0.4, 0.5) is 0 Å². The molecule has 1 aromatic rings. The molecule has 3 nitrogen and oxygen atoms in total. The molecule has 0 fully saturated rings. The Morgan fingerprint density at radius 2 is 2.20 bits per heavy atom. The molecule has 0 radical (unpaired) electrons. The summed E-state index contributed by atoms with van der Waals surface area (Å²) in [5.74, 6) is 0.775. The Hall–Kier alpha value is -1.06. The van der Waals surface area contributed by atoms with Crippen LogP contribution >= 0.6 is 0 Å². The molecular weight excluding hydrogens is 192 g/mol. The highest BCUT2D eigenvalue weighted by atomic mass is 16.5. The van der Waals surface area contributed by atoms with Crippen LogP contribution in [0.2, 0.25) is 0 Å². The molecule has 15 heavy (non-hydrogen) atoms. The first-order valence-electron chi connectivity index (χ1n) is 5.15. The lowest BCUT2D eigenvalue weighted by molar-refractivity contribution is 0.104. The van der Waals surface area contributed by atoms with Crippen LogP contribution in [0.5, 0.6) is 5.75 Å². The molecule has 1 unspecified atom stereocenters. The molecular formula is C12H18O3. The standard InChI is InChI=1S/C12H18O3/c1-3-11(13)9-15-12-6-4-5-10(7-12)8-14-2/h4-7,11,13H,3,8-9H2,1-2H3. The second-order valence-corrected chi connectivity index (χ2v) is 3.45. The van der Waals surface area contributed by atoms with Gasteiger partial charge in [-0.1, -0.05) is 19.1 Å². The molecule has 0 heterocycles. The maximum atomic E-state index is 9.34. The van der Waals surface area contributed by atoms with Gasteiger partial charge in [-0.2, -0.15) is 0 Å². The van der Waals surface area contributed by atoms with Crippen molar-refractivity contribution in [3.8, 4) is 5.75 Å². The molecule has 1 N–H and O–H groups in total. The van der Waals surface area contributed by atoms with E-state index < -0.39 is 6.10 Å². The molecule has 84 valence electrons. The Bertz CT molecular complexity index is 286. The normalized spacial score (nSPS) is 12.5. The van der Waals surface area contributed by atoms with Crippen molar-refractivity contribution in [2.75, 3.05) is 13.7 Å². The van der Waals surface area contributed by atoms with Gasteiger partial charge < -0.3 is 14.6 Å². The smallest absolute Gasteiger partial charge is 0.119 e. The van der Waals surface area contributed by atoms with E-state index in [4.69, 9.17) is 9.47 Å². The fraction of sp³-hybridized carbons (Fsp3) is 0.500. The predicted octanol–water partition coefficient (Wildman–Crippen LogP) is 1.98. The van der Waals surface area contributed by atoms with Gasteiger partial charge in [0, 0.05) is 7.11 Å². The van der Waals surface area contributed by atoms with Gasteiger partial charge in [-0.25, -0.2) is 0 Å². The lowest BCUT2D eigenvalue weighted by Crippen LogP contribution is -2.16. The van der Waals surface area contributed by atoms with Gasteiger partial charge in [-0.05, 0) is 24.1 Å². The van der Waals surface area contributed by atoms with E-state index in [9.17, 15) is 5.11 Å². The number of ether oxygens (including phenoxy) is 2. The summed E-state index contributed by atoms with van der Waals surface area (Å²) in [4.78, 5) is 0. The quantitative estimate of drug-likeness (QED) is 0.780. The number of aliphatic hydroxyl groups excluding tert-OH is 1. The van der Waals surface area contributed by atoms with E-state index in [-0.39, 0.29) is 0 Å². The highest BCUT2D eigenvalue weighted by Gasteiger charge is 2.02. The van der Waals surface area contributed by atoms with Crippen LogP contribution in [-0.2, 0) is 11.3 Å². The first kappa shape index (κ1) is 12.0.